The van der Waals surface area contributed by atoms with Crippen molar-refractivity contribution >= 4 is 33.9 Å². The molecular formula is C20H15N3O2S. The number of benzene rings is 3. The Labute approximate surface area is 154 Å². The van der Waals surface area contributed by atoms with Crippen LogP contribution in [0.25, 0.3) is 22.0 Å². The van der Waals surface area contributed by atoms with E-state index < -0.39 is 0 Å². The summed E-state index contributed by atoms with van der Waals surface area (Å²) in [5.74, 6) is 0.464. The first-order valence-corrected chi connectivity index (χ1v) is 8.90. The van der Waals surface area contributed by atoms with Crippen LogP contribution in [0.1, 0.15) is 0 Å². The summed E-state index contributed by atoms with van der Waals surface area (Å²) in [6, 6.07) is 21.3. The Balaban J connectivity index is 1.36. The number of carbonyl (C=O) groups excluding carboxylic acids is 1. The molecule has 0 saturated heterocycles. The van der Waals surface area contributed by atoms with Crippen molar-refractivity contribution in [2.24, 2.45) is 0 Å². The van der Waals surface area contributed by atoms with Gasteiger partial charge in [-0.15, -0.1) is 5.10 Å². The normalized spacial score (nSPS) is 10.6. The first kappa shape index (κ1) is 16.2. The number of hydrogen-bond acceptors (Lipinski definition) is 5. The van der Waals surface area contributed by atoms with Gasteiger partial charge in [-0.1, -0.05) is 47.0 Å². The van der Waals surface area contributed by atoms with E-state index in [0.29, 0.717) is 11.4 Å². The van der Waals surface area contributed by atoms with Gasteiger partial charge in [0.2, 0.25) is 0 Å². The highest BCUT2D eigenvalue weighted by molar-refractivity contribution is 7.03. The van der Waals surface area contributed by atoms with E-state index in [1.165, 1.54) is 11.5 Å². The third-order valence-electron chi connectivity index (χ3n) is 3.92. The molecule has 128 valence electrons. The SMILES string of the molecule is O=C(COc1ccc2ccccc2c1)Nc1ccc(-c2csnn2)cc1. The van der Waals surface area contributed by atoms with Gasteiger partial charge in [-0.25, -0.2) is 0 Å². The van der Waals surface area contributed by atoms with E-state index in [9.17, 15) is 4.79 Å². The molecule has 5 nitrogen and oxygen atoms in total. The second-order valence-electron chi connectivity index (χ2n) is 5.71. The largest absolute Gasteiger partial charge is 0.484 e. The number of carbonyl (C=O) groups is 1. The maximum absolute atomic E-state index is 12.1. The van der Waals surface area contributed by atoms with Gasteiger partial charge in [0.1, 0.15) is 11.4 Å². The predicted molar refractivity (Wildman–Crippen MR) is 103 cm³/mol. The van der Waals surface area contributed by atoms with Crippen molar-refractivity contribution in [1.29, 1.82) is 0 Å². The van der Waals surface area contributed by atoms with Crippen molar-refractivity contribution in [3.05, 3.63) is 72.1 Å². The van der Waals surface area contributed by atoms with Gasteiger partial charge in [-0.2, -0.15) is 0 Å². The van der Waals surface area contributed by atoms with Crippen molar-refractivity contribution < 1.29 is 9.53 Å². The third kappa shape index (κ3) is 3.70. The van der Waals surface area contributed by atoms with Crippen molar-refractivity contribution in [2.45, 2.75) is 0 Å². The molecule has 0 bridgehead atoms. The van der Waals surface area contributed by atoms with Crippen LogP contribution >= 0.6 is 11.5 Å². The molecule has 0 spiro atoms. The average Bonchev–Trinajstić information content (AvgIpc) is 3.22. The summed E-state index contributed by atoms with van der Waals surface area (Å²) in [7, 11) is 0. The second-order valence-corrected chi connectivity index (χ2v) is 6.32. The number of hydrogen-bond donors (Lipinski definition) is 1. The van der Waals surface area contributed by atoms with Crippen LogP contribution in [0.4, 0.5) is 5.69 Å². The molecule has 0 radical (unpaired) electrons. The van der Waals surface area contributed by atoms with E-state index in [1.54, 1.807) is 0 Å². The highest BCUT2D eigenvalue weighted by Crippen LogP contribution is 2.21. The lowest BCUT2D eigenvalue weighted by Gasteiger charge is -2.09. The summed E-state index contributed by atoms with van der Waals surface area (Å²) in [6.45, 7) is -0.0455. The molecule has 0 aliphatic heterocycles. The Morgan fingerprint density at radius 2 is 1.81 bits per heavy atom. The topological polar surface area (TPSA) is 64.1 Å². The molecule has 0 unspecified atom stereocenters. The van der Waals surface area contributed by atoms with E-state index in [4.69, 9.17) is 4.74 Å². The lowest BCUT2D eigenvalue weighted by atomic mass is 10.1. The van der Waals surface area contributed by atoms with Gasteiger partial charge in [-0.05, 0) is 46.6 Å². The first-order valence-electron chi connectivity index (χ1n) is 8.07. The van der Waals surface area contributed by atoms with Crippen LogP contribution < -0.4 is 10.1 Å². The van der Waals surface area contributed by atoms with E-state index in [2.05, 4.69) is 14.9 Å². The van der Waals surface area contributed by atoms with Crippen molar-refractivity contribution in [3.63, 3.8) is 0 Å². The van der Waals surface area contributed by atoms with Gasteiger partial charge in [-0.3, -0.25) is 4.79 Å². The molecule has 0 aliphatic carbocycles. The van der Waals surface area contributed by atoms with Crippen LogP contribution in [-0.4, -0.2) is 22.1 Å². The van der Waals surface area contributed by atoms with Gasteiger partial charge in [0, 0.05) is 16.6 Å². The molecule has 0 aliphatic rings. The molecular weight excluding hydrogens is 346 g/mol. The van der Waals surface area contributed by atoms with Crippen molar-refractivity contribution in [3.8, 4) is 17.0 Å². The van der Waals surface area contributed by atoms with Crippen LogP contribution in [-0.2, 0) is 4.79 Å². The average molecular weight is 361 g/mol. The number of ether oxygens (including phenoxy) is 1. The fourth-order valence-electron chi connectivity index (χ4n) is 2.62. The van der Waals surface area contributed by atoms with Gasteiger partial charge < -0.3 is 10.1 Å². The summed E-state index contributed by atoms with van der Waals surface area (Å²) in [5.41, 5.74) is 2.50. The number of anilines is 1. The highest BCUT2D eigenvalue weighted by atomic mass is 32.1. The Morgan fingerprint density at radius 1 is 1.00 bits per heavy atom. The lowest BCUT2D eigenvalue weighted by Crippen LogP contribution is -2.20. The van der Waals surface area contributed by atoms with Crippen LogP contribution in [0.15, 0.2) is 72.1 Å². The molecule has 1 N–H and O–H groups in total. The van der Waals surface area contributed by atoms with Crippen LogP contribution in [0.5, 0.6) is 5.75 Å². The fraction of sp³-hybridized carbons (Fsp3) is 0.0500. The molecule has 4 rings (SSSR count). The number of amides is 1. The monoisotopic (exact) mass is 361 g/mol. The van der Waals surface area contributed by atoms with Crippen molar-refractivity contribution in [1.82, 2.24) is 9.59 Å². The molecule has 0 saturated carbocycles. The zero-order valence-corrected chi connectivity index (χ0v) is 14.6. The maximum atomic E-state index is 12.1. The molecule has 0 fully saturated rings. The Kier molecular flexibility index (Phi) is 4.57. The van der Waals surface area contributed by atoms with Gasteiger partial charge >= 0.3 is 0 Å². The zero-order chi connectivity index (χ0) is 17.8. The number of nitrogens with one attached hydrogen (secondary N) is 1. The molecule has 26 heavy (non-hydrogen) atoms. The van der Waals surface area contributed by atoms with E-state index in [1.807, 2.05) is 72.1 Å². The Morgan fingerprint density at radius 3 is 2.58 bits per heavy atom. The van der Waals surface area contributed by atoms with E-state index >= 15 is 0 Å². The lowest BCUT2D eigenvalue weighted by molar-refractivity contribution is -0.118. The third-order valence-corrected chi connectivity index (χ3v) is 4.42. The summed E-state index contributed by atoms with van der Waals surface area (Å²) >= 11 is 1.31. The van der Waals surface area contributed by atoms with Gasteiger partial charge in [0.05, 0.1) is 0 Å². The number of rotatable bonds is 5. The minimum absolute atomic E-state index is 0.0455. The summed E-state index contributed by atoms with van der Waals surface area (Å²) < 4.78 is 9.45. The number of aromatic nitrogens is 2. The predicted octanol–water partition coefficient (Wildman–Crippen LogP) is 4.38. The molecule has 1 aromatic heterocycles. The molecule has 6 heteroatoms. The second kappa shape index (κ2) is 7.33. The zero-order valence-electron chi connectivity index (χ0n) is 13.8. The highest BCUT2D eigenvalue weighted by Gasteiger charge is 2.06. The molecule has 1 amide bonds. The summed E-state index contributed by atoms with van der Waals surface area (Å²) in [6.07, 6.45) is 0. The van der Waals surface area contributed by atoms with Crippen LogP contribution in [0.2, 0.25) is 0 Å². The van der Waals surface area contributed by atoms with E-state index in [-0.39, 0.29) is 12.5 Å². The molecule has 1 heterocycles. The summed E-state index contributed by atoms with van der Waals surface area (Å²) in [4.78, 5) is 12.1. The molecule has 3 aromatic carbocycles. The Bertz CT molecular complexity index is 1030. The molecule has 4 aromatic rings. The minimum atomic E-state index is -0.207. The van der Waals surface area contributed by atoms with Gasteiger partial charge in [0.15, 0.2) is 6.61 Å². The Hall–Kier alpha value is -3.25. The first-order chi connectivity index (χ1) is 12.8. The molecule has 0 atom stereocenters. The van der Waals surface area contributed by atoms with Gasteiger partial charge in [0.25, 0.3) is 5.91 Å². The van der Waals surface area contributed by atoms with Crippen molar-refractivity contribution in [2.75, 3.05) is 11.9 Å². The smallest absolute Gasteiger partial charge is 0.262 e. The standard InChI is InChI=1S/C20H15N3O2S/c24-20(12-25-18-10-7-14-3-1-2-4-16(14)11-18)21-17-8-5-15(6-9-17)19-13-26-23-22-19/h1-11,13H,12H2,(H,21,24). The number of fused-ring (bicyclic) bond motifs is 1. The fourth-order valence-corrected chi connectivity index (χ4v) is 3.08. The van der Waals surface area contributed by atoms with Crippen LogP contribution in [0.3, 0.4) is 0 Å². The summed E-state index contributed by atoms with van der Waals surface area (Å²) in [5, 5.41) is 10.9. The quantitative estimate of drug-likeness (QED) is 0.573. The van der Waals surface area contributed by atoms with Crippen LogP contribution in [0, 0.1) is 0 Å². The number of nitrogens with zero attached hydrogens (tertiary/aromatic N) is 2. The maximum Gasteiger partial charge on any atom is 0.262 e. The minimum Gasteiger partial charge on any atom is -0.484 e. The van der Waals surface area contributed by atoms with E-state index in [0.717, 1.165) is 22.0 Å².